The third kappa shape index (κ3) is 4.36. The van der Waals surface area contributed by atoms with Crippen LogP contribution in [0.1, 0.15) is 37.6 Å². The Kier molecular flexibility index (Phi) is 7.24. The number of nitrogens with zero attached hydrogens (tertiary/aromatic N) is 1. The predicted octanol–water partition coefficient (Wildman–Crippen LogP) is 3.83. The Morgan fingerprint density at radius 1 is 1.38 bits per heavy atom. The fourth-order valence-corrected chi connectivity index (χ4v) is 4.31. The summed E-state index contributed by atoms with van der Waals surface area (Å²) in [4.78, 5) is 26.5. The van der Waals surface area contributed by atoms with Crippen molar-refractivity contribution in [3.8, 4) is 0 Å². The van der Waals surface area contributed by atoms with Gasteiger partial charge in [-0.25, -0.2) is 9.59 Å². The number of carbonyl (C=O) groups is 2. The Morgan fingerprint density at radius 3 is 2.79 bits per heavy atom. The SMILES string of the molecule is CCCCNC(=O)N1C(C(=O)OCC)CSC1c1ccccc1Cl. The molecule has 0 bridgehead atoms. The Labute approximate surface area is 152 Å². The van der Waals surface area contributed by atoms with Gasteiger partial charge in [0.1, 0.15) is 11.4 Å². The van der Waals surface area contributed by atoms with Crippen molar-refractivity contribution < 1.29 is 14.3 Å². The minimum Gasteiger partial charge on any atom is -0.464 e. The quantitative estimate of drug-likeness (QED) is 0.610. The zero-order valence-electron chi connectivity index (χ0n) is 14.0. The lowest BCUT2D eigenvalue weighted by Crippen LogP contribution is -2.48. The lowest BCUT2D eigenvalue weighted by Gasteiger charge is -2.29. The fourth-order valence-electron chi connectivity index (χ4n) is 2.55. The molecule has 1 aliphatic rings. The molecule has 2 unspecified atom stereocenters. The Bertz CT molecular complexity index is 585. The smallest absolute Gasteiger partial charge is 0.329 e. The molecule has 0 spiro atoms. The number of ether oxygens (including phenoxy) is 1. The largest absolute Gasteiger partial charge is 0.464 e. The van der Waals surface area contributed by atoms with Gasteiger partial charge in [0.15, 0.2) is 0 Å². The van der Waals surface area contributed by atoms with Crippen LogP contribution in [0.15, 0.2) is 24.3 Å². The van der Waals surface area contributed by atoms with Gasteiger partial charge in [-0.1, -0.05) is 43.1 Å². The Hall–Kier alpha value is -1.40. The molecule has 0 aromatic heterocycles. The van der Waals surface area contributed by atoms with Crippen LogP contribution in [0, 0.1) is 0 Å². The van der Waals surface area contributed by atoms with Crippen LogP contribution in [0.3, 0.4) is 0 Å². The van der Waals surface area contributed by atoms with Gasteiger partial charge in [0.05, 0.1) is 6.61 Å². The first kappa shape index (κ1) is 18.9. The van der Waals surface area contributed by atoms with Crippen molar-refractivity contribution in [1.29, 1.82) is 0 Å². The van der Waals surface area contributed by atoms with Crippen molar-refractivity contribution in [2.45, 2.75) is 38.1 Å². The van der Waals surface area contributed by atoms with Gasteiger partial charge in [-0.15, -0.1) is 11.8 Å². The number of hydrogen-bond acceptors (Lipinski definition) is 4. The van der Waals surface area contributed by atoms with Gasteiger partial charge in [0, 0.05) is 22.9 Å². The number of halogens is 1. The van der Waals surface area contributed by atoms with E-state index in [0.717, 1.165) is 18.4 Å². The van der Waals surface area contributed by atoms with Gasteiger partial charge >= 0.3 is 12.0 Å². The van der Waals surface area contributed by atoms with Gasteiger partial charge in [0.25, 0.3) is 0 Å². The van der Waals surface area contributed by atoms with Gasteiger partial charge in [0.2, 0.25) is 0 Å². The number of benzene rings is 1. The summed E-state index contributed by atoms with van der Waals surface area (Å²) in [7, 11) is 0. The van der Waals surface area contributed by atoms with E-state index < -0.39 is 6.04 Å². The van der Waals surface area contributed by atoms with Crippen molar-refractivity contribution in [3.05, 3.63) is 34.9 Å². The molecule has 1 N–H and O–H groups in total. The number of amides is 2. The van der Waals surface area contributed by atoms with E-state index >= 15 is 0 Å². The Morgan fingerprint density at radius 2 is 2.12 bits per heavy atom. The van der Waals surface area contributed by atoms with E-state index in [2.05, 4.69) is 12.2 Å². The summed E-state index contributed by atoms with van der Waals surface area (Å²) in [6.45, 7) is 4.70. The van der Waals surface area contributed by atoms with Crippen molar-refractivity contribution in [1.82, 2.24) is 10.2 Å². The zero-order chi connectivity index (χ0) is 17.5. The molecular weight excluding hydrogens is 348 g/mol. The van der Waals surface area contributed by atoms with E-state index in [9.17, 15) is 9.59 Å². The maximum atomic E-state index is 12.7. The first-order valence-electron chi connectivity index (χ1n) is 8.19. The fraction of sp³-hybridized carbons (Fsp3) is 0.529. The van der Waals surface area contributed by atoms with Crippen molar-refractivity contribution in [2.24, 2.45) is 0 Å². The molecule has 24 heavy (non-hydrogen) atoms. The molecule has 1 heterocycles. The van der Waals surface area contributed by atoms with E-state index in [1.807, 2.05) is 18.2 Å². The summed E-state index contributed by atoms with van der Waals surface area (Å²) in [6, 6.07) is 6.56. The molecule has 2 atom stereocenters. The summed E-state index contributed by atoms with van der Waals surface area (Å²) in [5, 5.41) is 3.19. The van der Waals surface area contributed by atoms with E-state index in [-0.39, 0.29) is 17.4 Å². The minimum absolute atomic E-state index is 0.253. The Balaban J connectivity index is 2.24. The molecule has 5 nitrogen and oxygen atoms in total. The second-order valence-corrected chi connectivity index (χ2v) is 6.99. The van der Waals surface area contributed by atoms with E-state index in [0.29, 0.717) is 23.9 Å². The van der Waals surface area contributed by atoms with Gasteiger partial charge in [-0.2, -0.15) is 0 Å². The molecule has 0 radical (unpaired) electrons. The molecule has 132 valence electrons. The van der Waals surface area contributed by atoms with E-state index in [1.54, 1.807) is 17.9 Å². The highest BCUT2D eigenvalue weighted by atomic mass is 35.5. The molecule has 0 aliphatic carbocycles. The summed E-state index contributed by atoms with van der Waals surface area (Å²) in [5.74, 6) is 0.126. The van der Waals surface area contributed by atoms with Crippen LogP contribution in [0.5, 0.6) is 0 Å². The highest BCUT2D eigenvalue weighted by molar-refractivity contribution is 7.99. The summed E-state index contributed by atoms with van der Waals surface area (Å²) < 4.78 is 5.14. The van der Waals surface area contributed by atoms with Crippen molar-refractivity contribution >= 4 is 35.4 Å². The average Bonchev–Trinajstić information content (AvgIpc) is 3.00. The van der Waals surface area contributed by atoms with E-state index in [4.69, 9.17) is 16.3 Å². The van der Waals surface area contributed by atoms with Gasteiger partial charge in [-0.3, -0.25) is 4.90 Å². The number of esters is 1. The number of unbranched alkanes of at least 4 members (excludes halogenated alkanes) is 1. The molecule has 1 aromatic carbocycles. The van der Waals surface area contributed by atoms with Crippen LogP contribution in [0.2, 0.25) is 5.02 Å². The predicted molar refractivity (Wildman–Crippen MR) is 97.2 cm³/mol. The molecule has 2 rings (SSSR count). The molecule has 1 fully saturated rings. The third-order valence-corrected chi connectivity index (χ3v) is 5.42. The summed E-state index contributed by atoms with van der Waals surface area (Å²) in [6.07, 6.45) is 1.89. The molecule has 7 heteroatoms. The topological polar surface area (TPSA) is 58.6 Å². The molecular formula is C17H23ClN2O3S. The van der Waals surface area contributed by atoms with Crippen LogP contribution in [-0.2, 0) is 9.53 Å². The number of thioether (sulfide) groups is 1. The monoisotopic (exact) mass is 370 g/mol. The zero-order valence-corrected chi connectivity index (χ0v) is 15.5. The van der Waals surface area contributed by atoms with Crippen LogP contribution in [0.25, 0.3) is 0 Å². The molecule has 0 saturated carbocycles. The minimum atomic E-state index is -0.599. The van der Waals surface area contributed by atoms with Gasteiger partial charge < -0.3 is 10.1 Å². The second kappa shape index (κ2) is 9.18. The molecule has 1 aliphatic heterocycles. The first-order chi connectivity index (χ1) is 11.6. The van der Waals surface area contributed by atoms with Crippen LogP contribution < -0.4 is 5.32 Å². The molecule has 1 saturated heterocycles. The van der Waals surface area contributed by atoms with Crippen molar-refractivity contribution in [3.63, 3.8) is 0 Å². The highest BCUT2D eigenvalue weighted by Crippen LogP contribution is 2.43. The number of rotatable bonds is 6. The molecule has 2 amide bonds. The number of urea groups is 1. The van der Waals surface area contributed by atoms with Crippen LogP contribution >= 0.6 is 23.4 Å². The van der Waals surface area contributed by atoms with Crippen LogP contribution in [0.4, 0.5) is 4.79 Å². The van der Waals surface area contributed by atoms with Gasteiger partial charge in [-0.05, 0) is 19.4 Å². The lowest BCUT2D eigenvalue weighted by molar-refractivity contribution is -0.147. The maximum absolute atomic E-state index is 12.7. The average molecular weight is 371 g/mol. The normalized spacial score (nSPS) is 20.0. The summed E-state index contributed by atoms with van der Waals surface area (Å²) >= 11 is 7.83. The third-order valence-electron chi connectivity index (χ3n) is 3.77. The second-order valence-electron chi connectivity index (χ2n) is 5.47. The first-order valence-corrected chi connectivity index (χ1v) is 9.61. The van der Waals surface area contributed by atoms with Crippen molar-refractivity contribution in [2.75, 3.05) is 18.9 Å². The lowest BCUT2D eigenvalue weighted by atomic mass is 10.2. The maximum Gasteiger partial charge on any atom is 0.329 e. The summed E-state index contributed by atoms with van der Waals surface area (Å²) in [5.41, 5.74) is 0.835. The number of nitrogens with one attached hydrogen (secondary N) is 1. The van der Waals surface area contributed by atoms with E-state index in [1.165, 1.54) is 11.8 Å². The number of hydrogen-bond donors (Lipinski definition) is 1. The standard InChI is InChI=1S/C17H23ClN2O3S/c1-3-5-10-19-17(22)20-14(16(21)23-4-2)11-24-15(20)12-8-6-7-9-13(12)18/h6-9,14-15H,3-5,10-11H2,1-2H3,(H,19,22). The number of carbonyl (C=O) groups excluding carboxylic acids is 2. The van der Waals surface area contributed by atoms with Crippen LogP contribution in [-0.4, -0.2) is 41.8 Å². The highest BCUT2D eigenvalue weighted by Gasteiger charge is 2.43. The molecule has 1 aromatic rings.